The molecule has 1 saturated heterocycles. The van der Waals surface area contributed by atoms with Gasteiger partial charge in [0.2, 0.25) is 15.9 Å². The number of piperidine rings is 1. The van der Waals surface area contributed by atoms with Crippen LogP contribution in [0.4, 0.5) is 5.69 Å². The van der Waals surface area contributed by atoms with E-state index in [0.29, 0.717) is 25.1 Å². The number of aromatic hydroxyl groups is 1. The minimum atomic E-state index is -3.26. The molecule has 21 heavy (non-hydrogen) atoms. The molecule has 1 amide bonds. The molecule has 1 aliphatic rings. The molecule has 7 heteroatoms. The Labute approximate surface area is 124 Å². The first-order valence-corrected chi connectivity index (χ1v) is 8.61. The summed E-state index contributed by atoms with van der Waals surface area (Å²) in [5, 5.41) is 12.3. The van der Waals surface area contributed by atoms with E-state index < -0.39 is 10.0 Å². The second-order valence-corrected chi connectivity index (χ2v) is 7.36. The predicted octanol–water partition coefficient (Wildman–Crippen LogP) is 1.39. The number of sulfonamides is 1. The molecule has 1 unspecified atom stereocenters. The van der Waals surface area contributed by atoms with Crippen LogP contribution in [-0.4, -0.2) is 42.6 Å². The Hall–Kier alpha value is -1.60. The molecular formula is C14H20N2O4S. The van der Waals surface area contributed by atoms with Crippen molar-refractivity contribution in [3.8, 4) is 5.75 Å². The van der Waals surface area contributed by atoms with Gasteiger partial charge in [0.15, 0.2) is 0 Å². The van der Waals surface area contributed by atoms with E-state index in [2.05, 4.69) is 5.32 Å². The third-order valence-electron chi connectivity index (χ3n) is 3.68. The van der Waals surface area contributed by atoms with E-state index in [4.69, 9.17) is 0 Å². The average molecular weight is 312 g/mol. The molecule has 1 aliphatic heterocycles. The second kappa shape index (κ2) is 6.44. The number of hydrogen-bond acceptors (Lipinski definition) is 4. The summed E-state index contributed by atoms with van der Waals surface area (Å²) in [7, 11) is -3.26. The summed E-state index contributed by atoms with van der Waals surface area (Å²) >= 11 is 0. The molecule has 0 aromatic heterocycles. The number of nitrogens with one attached hydrogen (secondary N) is 1. The van der Waals surface area contributed by atoms with Gasteiger partial charge >= 0.3 is 0 Å². The van der Waals surface area contributed by atoms with Gasteiger partial charge in [-0.1, -0.05) is 12.1 Å². The second-order valence-electron chi connectivity index (χ2n) is 5.10. The van der Waals surface area contributed by atoms with E-state index in [0.717, 1.165) is 0 Å². The number of carbonyl (C=O) groups excluding carboxylic acids is 1. The number of nitrogens with zero attached hydrogens (tertiary/aromatic N) is 1. The number of hydrogen-bond donors (Lipinski definition) is 2. The number of phenolic OH excluding ortho intramolecular Hbond substituents is 1. The SMILES string of the molecule is CCS(=O)(=O)N1CCCC(C(=O)Nc2ccccc2O)C1. The quantitative estimate of drug-likeness (QED) is 0.823. The summed E-state index contributed by atoms with van der Waals surface area (Å²) in [6, 6.07) is 6.48. The molecule has 116 valence electrons. The van der Waals surface area contributed by atoms with E-state index in [1.165, 1.54) is 10.4 Å². The Morgan fingerprint density at radius 1 is 1.43 bits per heavy atom. The van der Waals surface area contributed by atoms with Crippen molar-refractivity contribution >= 4 is 21.6 Å². The lowest BCUT2D eigenvalue weighted by molar-refractivity contribution is -0.120. The van der Waals surface area contributed by atoms with E-state index in [1.54, 1.807) is 25.1 Å². The molecule has 2 rings (SSSR count). The summed E-state index contributed by atoms with van der Waals surface area (Å²) in [4.78, 5) is 12.2. The molecule has 1 aromatic carbocycles. The normalized spacial score (nSPS) is 20.1. The van der Waals surface area contributed by atoms with E-state index in [-0.39, 0.29) is 29.9 Å². The maximum atomic E-state index is 12.2. The summed E-state index contributed by atoms with van der Waals surface area (Å²) in [6.07, 6.45) is 1.31. The first-order chi connectivity index (χ1) is 9.94. The van der Waals surface area contributed by atoms with Crippen molar-refractivity contribution in [3.05, 3.63) is 24.3 Å². The molecule has 0 saturated carbocycles. The number of anilines is 1. The maximum absolute atomic E-state index is 12.2. The summed E-state index contributed by atoms with van der Waals surface area (Å²) in [6.45, 7) is 2.27. The van der Waals surface area contributed by atoms with Crippen LogP contribution in [0.5, 0.6) is 5.75 Å². The van der Waals surface area contributed by atoms with Crippen LogP contribution in [0.15, 0.2) is 24.3 Å². The van der Waals surface area contributed by atoms with Gasteiger partial charge < -0.3 is 10.4 Å². The van der Waals surface area contributed by atoms with Crippen LogP contribution in [0.2, 0.25) is 0 Å². The van der Waals surface area contributed by atoms with Gasteiger partial charge in [0.25, 0.3) is 0 Å². The standard InChI is InChI=1S/C14H20N2O4S/c1-2-21(19,20)16-9-5-6-11(10-16)14(18)15-12-7-3-4-8-13(12)17/h3-4,7-8,11,17H,2,5-6,9-10H2,1H3,(H,15,18). The summed E-state index contributed by atoms with van der Waals surface area (Å²) in [5.41, 5.74) is 0.345. The fourth-order valence-electron chi connectivity index (χ4n) is 2.41. The number of carbonyl (C=O) groups is 1. The minimum Gasteiger partial charge on any atom is -0.506 e. The van der Waals surface area contributed by atoms with Crippen molar-refractivity contribution in [1.29, 1.82) is 0 Å². The van der Waals surface area contributed by atoms with Crippen molar-refractivity contribution in [1.82, 2.24) is 4.31 Å². The van der Waals surface area contributed by atoms with Crippen molar-refractivity contribution in [2.45, 2.75) is 19.8 Å². The highest BCUT2D eigenvalue weighted by Gasteiger charge is 2.31. The average Bonchev–Trinajstić information content (AvgIpc) is 2.49. The Morgan fingerprint density at radius 3 is 2.81 bits per heavy atom. The zero-order valence-electron chi connectivity index (χ0n) is 11.9. The molecular weight excluding hydrogens is 292 g/mol. The smallest absolute Gasteiger partial charge is 0.228 e. The van der Waals surface area contributed by atoms with Gasteiger partial charge in [-0.3, -0.25) is 4.79 Å². The zero-order chi connectivity index (χ0) is 15.5. The van der Waals surface area contributed by atoms with Crippen LogP contribution in [-0.2, 0) is 14.8 Å². The van der Waals surface area contributed by atoms with Crippen molar-refractivity contribution in [3.63, 3.8) is 0 Å². The number of para-hydroxylation sites is 2. The minimum absolute atomic E-state index is 0.000282. The van der Waals surface area contributed by atoms with Crippen LogP contribution in [0.1, 0.15) is 19.8 Å². The van der Waals surface area contributed by atoms with Gasteiger partial charge in [-0.05, 0) is 31.9 Å². The van der Waals surface area contributed by atoms with Gasteiger partial charge in [0.05, 0.1) is 17.4 Å². The molecule has 0 aliphatic carbocycles. The Morgan fingerprint density at radius 2 is 2.14 bits per heavy atom. The Bertz CT molecular complexity index is 615. The number of amides is 1. The predicted molar refractivity (Wildman–Crippen MR) is 80.5 cm³/mol. The zero-order valence-corrected chi connectivity index (χ0v) is 12.8. The molecule has 1 atom stereocenters. The van der Waals surface area contributed by atoms with Crippen molar-refractivity contribution in [2.75, 3.05) is 24.2 Å². The van der Waals surface area contributed by atoms with Gasteiger partial charge in [-0.15, -0.1) is 0 Å². The van der Waals surface area contributed by atoms with Crippen molar-refractivity contribution < 1.29 is 18.3 Å². The lowest BCUT2D eigenvalue weighted by Crippen LogP contribution is -2.44. The van der Waals surface area contributed by atoms with Gasteiger partial charge in [0.1, 0.15) is 5.75 Å². The molecule has 0 spiro atoms. The summed E-state index contributed by atoms with van der Waals surface area (Å²) in [5.74, 6) is -0.604. The van der Waals surface area contributed by atoms with Crippen LogP contribution in [0.25, 0.3) is 0 Å². The topological polar surface area (TPSA) is 86.7 Å². The first-order valence-electron chi connectivity index (χ1n) is 7.00. The monoisotopic (exact) mass is 312 g/mol. The fourth-order valence-corrected chi connectivity index (χ4v) is 3.59. The van der Waals surface area contributed by atoms with Crippen LogP contribution < -0.4 is 5.32 Å². The highest BCUT2D eigenvalue weighted by molar-refractivity contribution is 7.89. The number of benzene rings is 1. The molecule has 1 heterocycles. The van der Waals surface area contributed by atoms with Gasteiger partial charge in [-0.25, -0.2) is 12.7 Å². The molecule has 6 nitrogen and oxygen atoms in total. The highest BCUT2D eigenvalue weighted by Crippen LogP contribution is 2.25. The number of phenols is 1. The molecule has 1 aromatic rings. The lowest BCUT2D eigenvalue weighted by atomic mass is 9.98. The van der Waals surface area contributed by atoms with Crippen LogP contribution in [0.3, 0.4) is 0 Å². The fraction of sp³-hybridized carbons (Fsp3) is 0.500. The maximum Gasteiger partial charge on any atom is 0.228 e. The van der Waals surface area contributed by atoms with E-state index >= 15 is 0 Å². The largest absolute Gasteiger partial charge is 0.506 e. The molecule has 0 bridgehead atoms. The van der Waals surface area contributed by atoms with E-state index in [9.17, 15) is 18.3 Å². The van der Waals surface area contributed by atoms with Gasteiger partial charge in [-0.2, -0.15) is 0 Å². The lowest BCUT2D eigenvalue weighted by Gasteiger charge is -2.30. The molecule has 2 N–H and O–H groups in total. The van der Waals surface area contributed by atoms with Gasteiger partial charge in [0, 0.05) is 13.1 Å². The Kier molecular flexibility index (Phi) is 4.84. The van der Waals surface area contributed by atoms with E-state index in [1.807, 2.05) is 0 Å². The van der Waals surface area contributed by atoms with Crippen LogP contribution in [0, 0.1) is 5.92 Å². The van der Waals surface area contributed by atoms with Crippen molar-refractivity contribution in [2.24, 2.45) is 5.92 Å². The third-order valence-corrected chi connectivity index (χ3v) is 5.52. The first kappa shape index (κ1) is 15.8. The highest BCUT2D eigenvalue weighted by atomic mass is 32.2. The van der Waals surface area contributed by atoms with Crippen LogP contribution >= 0.6 is 0 Å². The summed E-state index contributed by atoms with van der Waals surface area (Å²) < 4.78 is 25.2. The molecule has 1 fully saturated rings. The Balaban J connectivity index is 2.05. The third kappa shape index (κ3) is 3.74. The number of rotatable bonds is 4. The molecule has 0 radical (unpaired) electrons.